The van der Waals surface area contributed by atoms with Gasteiger partial charge in [-0.15, -0.1) is 5.10 Å². The molecule has 6 aromatic rings. The molecule has 0 bridgehead atoms. The molecule has 0 fully saturated rings. The molecule has 0 saturated heterocycles. The van der Waals surface area contributed by atoms with Crippen LogP contribution in [0, 0.1) is 6.92 Å². The number of benzene rings is 2. The molecule has 192 valence electrons. The zero-order valence-corrected chi connectivity index (χ0v) is 21.4. The van der Waals surface area contributed by atoms with Gasteiger partial charge in [0.05, 0.1) is 42.6 Å². The molecule has 5 heterocycles. The molecular weight excluding hydrogens is 494 g/mol. The van der Waals surface area contributed by atoms with Crippen molar-refractivity contribution in [3.8, 4) is 40.5 Å². The monoisotopic (exact) mass is 517 g/mol. The highest BCUT2D eigenvalue weighted by molar-refractivity contribution is 5.68. The largest absolute Gasteiger partial charge is 0.493 e. The van der Waals surface area contributed by atoms with E-state index in [1.54, 1.807) is 31.3 Å². The summed E-state index contributed by atoms with van der Waals surface area (Å²) in [6, 6.07) is 21.4. The highest BCUT2D eigenvalue weighted by atomic mass is 16.5. The summed E-state index contributed by atoms with van der Waals surface area (Å²) in [7, 11) is 3.25. The van der Waals surface area contributed by atoms with E-state index in [-0.39, 0.29) is 5.92 Å². The molecule has 0 N–H and O–H groups in total. The van der Waals surface area contributed by atoms with E-state index in [9.17, 15) is 0 Å². The third-order valence-corrected chi connectivity index (χ3v) is 6.86. The molecule has 39 heavy (non-hydrogen) atoms. The van der Waals surface area contributed by atoms with Gasteiger partial charge in [-0.3, -0.25) is 4.98 Å². The lowest BCUT2D eigenvalue weighted by Gasteiger charge is -2.26. The van der Waals surface area contributed by atoms with Crippen molar-refractivity contribution in [1.29, 1.82) is 0 Å². The summed E-state index contributed by atoms with van der Waals surface area (Å²) in [6.07, 6.45) is 3.33. The predicted molar refractivity (Wildman–Crippen MR) is 143 cm³/mol. The molecule has 1 aliphatic rings. The van der Waals surface area contributed by atoms with E-state index < -0.39 is 0 Å². The molecule has 1 aliphatic heterocycles. The molecule has 10 nitrogen and oxygen atoms in total. The van der Waals surface area contributed by atoms with Crippen LogP contribution in [-0.2, 0) is 0 Å². The van der Waals surface area contributed by atoms with Crippen LogP contribution in [0.25, 0.3) is 22.9 Å². The molecule has 7 rings (SSSR count). The SMILES string of the molecule is COc1ccc([C@@H]2c3c(C)nn(-c4ccccc4)c3Oc3ncn4nc(-c5ccccn5)nc4c32)cc1OC. The van der Waals surface area contributed by atoms with Crippen LogP contribution in [0.15, 0.2) is 79.3 Å². The summed E-state index contributed by atoms with van der Waals surface area (Å²) in [5, 5.41) is 9.56. The average molecular weight is 518 g/mol. The van der Waals surface area contributed by atoms with Crippen LogP contribution in [0.2, 0.25) is 0 Å². The van der Waals surface area contributed by atoms with E-state index in [4.69, 9.17) is 24.3 Å². The number of methoxy groups -OCH3 is 2. The summed E-state index contributed by atoms with van der Waals surface area (Å²) in [6.45, 7) is 1.98. The number of aryl methyl sites for hydroxylation is 1. The van der Waals surface area contributed by atoms with Gasteiger partial charge in [0.2, 0.25) is 17.6 Å². The average Bonchev–Trinajstić information content (AvgIpc) is 3.58. The van der Waals surface area contributed by atoms with Crippen molar-refractivity contribution >= 4 is 5.65 Å². The Balaban J connectivity index is 1.50. The summed E-state index contributed by atoms with van der Waals surface area (Å²) in [5.74, 6) is 2.48. The normalized spacial score (nSPS) is 14.0. The highest BCUT2D eigenvalue weighted by Crippen LogP contribution is 2.50. The first kappa shape index (κ1) is 22.9. The Morgan fingerprint density at radius 1 is 0.846 bits per heavy atom. The van der Waals surface area contributed by atoms with Gasteiger partial charge in [0.15, 0.2) is 17.1 Å². The second-order valence-electron chi connectivity index (χ2n) is 9.08. The summed E-state index contributed by atoms with van der Waals surface area (Å²) in [5.41, 5.74) is 5.65. The number of ether oxygens (including phenoxy) is 3. The minimum atomic E-state index is -0.321. The Morgan fingerprint density at radius 3 is 2.44 bits per heavy atom. The molecular formula is C29H23N7O3. The molecule has 0 aliphatic carbocycles. The number of aromatic nitrogens is 7. The van der Waals surface area contributed by atoms with Crippen molar-refractivity contribution in [3.63, 3.8) is 0 Å². The number of para-hydroxylation sites is 1. The maximum atomic E-state index is 6.50. The fourth-order valence-corrected chi connectivity index (χ4v) is 5.09. The van der Waals surface area contributed by atoms with Crippen molar-refractivity contribution in [2.75, 3.05) is 14.2 Å². The topological polar surface area (TPSA) is 101 Å². The van der Waals surface area contributed by atoms with Gasteiger partial charge in [-0.05, 0) is 48.9 Å². The first-order valence-corrected chi connectivity index (χ1v) is 12.4. The molecule has 2 aromatic carbocycles. The van der Waals surface area contributed by atoms with Crippen LogP contribution in [-0.4, -0.2) is 48.6 Å². The number of hydrogen-bond donors (Lipinski definition) is 0. The van der Waals surface area contributed by atoms with Gasteiger partial charge >= 0.3 is 0 Å². The molecule has 0 unspecified atom stereocenters. The molecule has 0 amide bonds. The smallest absolute Gasteiger partial charge is 0.230 e. The van der Waals surface area contributed by atoms with E-state index in [0.29, 0.717) is 40.4 Å². The van der Waals surface area contributed by atoms with Crippen LogP contribution in [0.5, 0.6) is 23.3 Å². The number of nitrogens with zero attached hydrogens (tertiary/aromatic N) is 7. The lowest BCUT2D eigenvalue weighted by molar-refractivity contribution is 0.354. The van der Waals surface area contributed by atoms with Gasteiger partial charge in [0.1, 0.15) is 12.0 Å². The fourth-order valence-electron chi connectivity index (χ4n) is 5.09. The minimum Gasteiger partial charge on any atom is -0.493 e. The Morgan fingerprint density at radius 2 is 1.67 bits per heavy atom. The van der Waals surface area contributed by atoms with Crippen LogP contribution in [0.4, 0.5) is 0 Å². The van der Waals surface area contributed by atoms with Gasteiger partial charge in [-0.25, -0.2) is 19.2 Å². The van der Waals surface area contributed by atoms with Crippen molar-refractivity contribution in [1.82, 2.24) is 34.3 Å². The zero-order chi connectivity index (χ0) is 26.5. The molecule has 0 radical (unpaired) electrons. The predicted octanol–water partition coefficient (Wildman–Crippen LogP) is 4.98. The van der Waals surface area contributed by atoms with E-state index in [2.05, 4.69) is 15.1 Å². The van der Waals surface area contributed by atoms with Gasteiger partial charge in [-0.1, -0.05) is 30.3 Å². The van der Waals surface area contributed by atoms with Gasteiger partial charge < -0.3 is 14.2 Å². The number of pyridine rings is 1. The van der Waals surface area contributed by atoms with Crippen LogP contribution in [0.3, 0.4) is 0 Å². The lowest BCUT2D eigenvalue weighted by Crippen LogP contribution is -2.16. The molecule has 1 atom stereocenters. The van der Waals surface area contributed by atoms with E-state index in [1.165, 1.54) is 0 Å². The number of fused-ring (bicyclic) bond motifs is 4. The zero-order valence-electron chi connectivity index (χ0n) is 21.4. The minimum absolute atomic E-state index is 0.321. The Hall–Kier alpha value is -5.25. The quantitative estimate of drug-likeness (QED) is 0.315. The Labute approximate surface area is 223 Å². The maximum Gasteiger partial charge on any atom is 0.230 e. The Kier molecular flexibility index (Phi) is 5.25. The molecule has 0 saturated carbocycles. The van der Waals surface area contributed by atoms with E-state index >= 15 is 0 Å². The van der Waals surface area contributed by atoms with Crippen LogP contribution >= 0.6 is 0 Å². The fraction of sp³-hybridized carbons (Fsp3) is 0.138. The van der Waals surface area contributed by atoms with Gasteiger partial charge in [0.25, 0.3) is 0 Å². The standard InChI is InChI=1S/C29H23N7O3/c1-17-23-24(18-12-13-21(37-2)22(15-18)38-3)25-27-32-26(20-11-7-8-14-30-20)34-35(27)16-31-28(25)39-29(23)36(33-17)19-9-5-4-6-10-19/h4-16,24H,1-3H3/t24-/m1/s1. The number of hydrogen-bond acceptors (Lipinski definition) is 8. The summed E-state index contributed by atoms with van der Waals surface area (Å²) in [4.78, 5) is 14.0. The Bertz CT molecular complexity index is 1830. The van der Waals surface area contributed by atoms with Gasteiger partial charge in [0, 0.05) is 6.20 Å². The molecule has 0 spiro atoms. The summed E-state index contributed by atoms with van der Waals surface area (Å²) >= 11 is 0. The number of rotatable bonds is 5. The molecule has 10 heteroatoms. The van der Waals surface area contributed by atoms with Crippen molar-refractivity contribution in [3.05, 3.63) is 102 Å². The van der Waals surface area contributed by atoms with Crippen molar-refractivity contribution in [2.45, 2.75) is 12.8 Å². The van der Waals surface area contributed by atoms with E-state index in [1.807, 2.05) is 78.3 Å². The highest BCUT2D eigenvalue weighted by Gasteiger charge is 2.38. The first-order chi connectivity index (χ1) is 19.2. The lowest BCUT2D eigenvalue weighted by atomic mass is 9.84. The second-order valence-corrected chi connectivity index (χ2v) is 9.08. The first-order valence-electron chi connectivity index (χ1n) is 12.4. The summed E-state index contributed by atoms with van der Waals surface area (Å²) < 4.78 is 21.2. The maximum absolute atomic E-state index is 6.50. The second kappa shape index (κ2) is 8.95. The van der Waals surface area contributed by atoms with Crippen LogP contribution in [0.1, 0.15) is 28.3 Å². The van der Waals surface area contributed by atoms with E-state index in [0.717, 1.165) is 28.1 Å². The third kappa shape index (κ3) is 3.60. The van der Waals surface area contributed by atoms with Crippen molar-refractivity contribution < 1.29 is 14.2 Å². The third-order valence-electron chi connectivity index (χ3n) is 6.86. The molecule has 4 aromatic heterocycles. The van der Waals surface area contributed by atoms with Crippen molar-refractivity contribution in [2.24, 2.45) is 0 Å². The van der Waals surface area contributed by atoms with Crippen LogP contribution < -0.4 is 14.2 Å². The van der Waals surface area contributed by atoms with Gasteiger partial charge in [-0.2, -0.15) is 5.10 Å².